The van der Waals surface area contributed by atoms with E-state index < -0.39 is 17.5 Å². The van der Waals surface area contributed by atoms with E-state index in [2.05, 4.69) is 5.32 Å². The highest BCUT2D eigenvalue weighted by atomic mass is 35.5. The van der Waals surface area contributed by atoms with Crippen LogP contribution in [0.1, 0.15) is 28.4 Å². The third-order valence-electron chi connectivity index (χ3n) is 4.43. The number of nitrogens with zero attached hydrogens (tertiary/aromatic N) is 1. The van der Waals surface area contributed by atoms with Crippen molar-refractivity contribution >= 4 is 29.3 Å². The number of hydrogen-bond donors (Lipinski definition) is 1. The Labute approximate surface area is 150 Å². The van der Waals surface area contributed by atoms with E-state index in [1.165, 1.54) is 0 Å². The predicted octanol–water partition coefficient (Wildman–Crippen LogP) is 3.30. The van der Waals surface area contributed by atoms with Gasteiger partial charge in [-0.3, -0.25) is 14.5 Å². The van der Waals surface area contributed by atoms with Gasteiger partial charge >= 0.3 is 6.03 Å². The Bertz CT molecular complexity index is 863. The maximum atomic E-state index is 12.9. The zero-order valence-corrected chi connectivity index (χ0v) is 14.6. The van der Waals surface area contributed by atoms with Gasteiger partial charge in [0.25, 0.3) is 5.91 Å². The lowest BCUT2D eigenvalue weighted by Crippen LogP contribution is -2.42. The number of halogens is 1. The maximum Gasteiger partial charge on any atom is 0.325 e. The van der Waals surface area contributed by atoms with Crippen molar-refractivity contribution in [1.29, 1.82) is 0 Å². The molecule has 2 aromatic rings. The molecule has 0 saturated carbocycles. The van der Waals surface area contributed by atoms with Crippen LogP contribution in [0.2, 0.25) is 5.02 Å². The SMILES string of the molecule is Cc1ccccc1C1(C)NC(=O)N(CC(=O)c2ccc(Cl)cc2)C1=O. The molecule has 5 nitrogen and oxygen atoms in total. The topological polar surface area (TPSA) is 66.5 Å². The quantitative estimate of drug-likeness (QED) is 0.675. The molecule has 1 atom stereocenters. The monoisotopic (exact) mass is 356 g/mol. The lowest BCUT2D eigenvalue weighted by molar-refractivity contribution is -0.130. The van der Waals surface area contributed by atoms with E-state index in [4.69, 9.17) is 11.6 Å². The molecule has 25 heavy (non-hydrogen) atoms. The molecule has 2 aromatic carbocycles. The average molecular weight is 357 g/mol. The zero-order valence-electron chi connectivity index (χ0n) is 13.9. The summed E-state index contributed by atoms with van der Waals surface area (Å²) < 4.78 is 0. The van der Waals surface area contributed by atoms with Gasteiger partial charge in [0.15, 0.2) is 5.78 Å². The number of aryl methyl sites for hydroxylation is 1. The molecule has 6 heteroatoms. The number of benzene rings is 2. The van der Waals surface area contributed by atoms with E-state index in [1.54, 1.807) is 37.3 Å². The van der Waals surface area contributed by atoms with E-state index in [1.807, 2.05) is 25.1 Å². The smallest absolute Gasteiger partial charge is 0.319 e. The third-order valence-corrected chi connectivity index (χ3v) is 4.68. The Morgan fingerprint density at radius 2 is 1.76 bits per heavy atom. The summed E-state index contributed by atoms with van der Waals surface area (Å²) in [6.07, 6.45) is 0. The van der Waals surface area contributed by atoms with Gasteiger partial charge in [-0.25, -0.2) is 4.79 Å². The first kappa shape index (κ1) is 17.2. The molecule has 3 amide bonds. The molecule has 0 bridgehead atoms. The second-order valence-electron chi connectivity index (χ2n) is 6.19. The second kappa shape index (κ2) is 6.33. The van der Waals surface area contributed by atoms with Gasteiger partial charge in [-0.05, 0) is 49.2 Å². The maximum absolute atomic E-state index is 12.9. The van der Waals surface area contributed by atoms with Gasteiger partial charge in [0.05, 0.1) is 6.54 Å². The molecular weight excluding hydrogens is 340 g/mol. The van der Waals surface area contributed by atoms with Crippen molar-refractivity contribution in [2.75, 3.05) is 6.54 Å². The summed E-state index contributed by atoms with van der Waals surface area (Å²) in [5.74, 6) is -0.761. The van der Waals surface area contributed by atoms with Crippen LogP contribution in [0.15, 0.2) is 48.5 Å². The van der Waals surface area contributed by atoms with Crippen LogP contribution in [0.5, 0.6) is 0 Å². The average Bonchev–Trinajstić information content (AvgIpc) is 2.80. The Morgan fingerprint density at radius 1 is 1.12 bits per heavy atom. The Morgan fingerprint density at radius 3 is 2.40 bits per heavy atom. The van der Waals surface area contributed by atoms with E-state index in [0.29, 0.717) is 10.6 Å². The van der Waals surface area contributed by atoms with Gasteiger partial charge in [0.1, 0.15) is 5.54 Å². The van der Waals surface area contributed by atoms with Crippen molar-refractivity contribution in [1.82, 2.24) is 10.2 Å². The van der Waals surface area contributed by atoms with Gasteiger partial charge in [-0.2, -0.15) is 0 Å². The summed E-state index contributed by atoms with van der Waals surface area (Å²) in [4.78, 5) is 38.6. The highest BCUT2D eigenvalue weighted by molar-refractivity contribution is 6.30. The fourth-order valence-corrected chi connectivity index (χ4v) is 3.15. The summed E-state index contributed by atoms with van der Waals surface area (Å²) in [5, 5.41) is 3.23. The number of rotatable bonds is 4. The van der Waals surface area contributed by atoms with E-state index in [0.717, 1.165) is 16.0 Å². The molecule has 1 aliphatic heterocycles. The first-order valence-electron chi connectivity index (χ1n) is 7.82. The molecule has 0 spiro atoms. The van der Waals surface area contributed by atoms with Gasteiger partial charge in [-0.1, -0.05) is 35.9 Å². The molecule has 1 fully saturated rings. The highest BCUT2D eigenvalue weighted by Crippen LogP contribution is 2.31. The standard InChI is InChI=1S/C19H17ClN2O3/c1-12-5-3-4-6-15(12)19(2)17(24)22(18(25)21-19)11-16(23)13-7-9-14(20)10-8-13/h3-10H,11H2,1-2H3,(H,21,25). The number of urea groups is 1. The minimum atomic E-state index is -1.18. The molecule has 128 valence electrons. The van der Waals surface area contributed by atoms with Crippen molar-refractivity contribution in [2.45, 2.75) is 19.4 Å². The van der Waals surface area contributed by atoms with Crippen LogP contribution in [0.4, 0.5) is 4.79 Å². The summed E-state index contributed by atoms with van der Waals surface area (Å²) in [6.45, 7) is 3.22. The van der Waals surface area contributed by atoms with Crippen LogP contribution in [-0.4, -0.2) is 29.2 Å². The lowest BCUT2D eigenvalue weighted by atomic mass is 9.88. The number of carbonyl (C=O) groups excluding carboxylic acids is 3. The first-order valence-corrected chi connectivity index (χ1v) is 8.20. The van der Waals surface area contributed by atoms with Crippen LogP contribution in [0.25, 0.3) is 0 Å². The van der Waals surface area contributed by atoms with Crippen molar-refractivity contribution < 1.29 is 14.4 Å². The van der Waals surface area contributed by atoms with Crippen molar-refractivity contribution in [3.63, 3.8) is 0 Å². The van der Waals surface area contributed by atoms with Crippen LogP contribution in [-0.2, 0) is 10.3 Å². The van der Waals surface area contributed by atoms with Gasteiger partial charge in [0, 0.05) is 10.6 Å². The van der Waals surface area contributed by atoms with Crippen LogP contribution in [0, 0.1) is 6.92 Å². The fourth-order valence-electron chi connectivity index (χ4n) is 3.03. The first-order chi connectivity index (χ1) is 11.8. The number of imide groups is 1. The van der Waals surface area contributed by atoms with E-state index in [-0.39, 0.29) is 12.3 Å². The number of nitrogens with one attached hydrogen (secondary N) is 1. The minimum absolute atomic E-state index is 0.312. The molecule has 0 radical (unpaired) electrons. The zero-order chi connectivity index (χ0) is 18.2. The van der Waals surface area contributed by atoms with Crippen LogP contribution >= 0.6 is 11.6 Å². The second-order valence-corrected chi connectivity index (χ2v) is 6.63. The molecular formula is C19H17ClN2O3. The summed E-state index contributed by atoms with van der Waals surface area (Å²) in [6, 6.07) is 13.1. The molecule has 1 unspecified atom stereocenters. The largest absolute Gasteiger partial charge is 0.325 e. The van der Waals surface area contributed by atoms with Gasteiger partial charge < -0.3 is 5.32 Å². The van der Waals surface area contributed by atoms with Crippen molar-refractivity contribution in [3.8, 4) is 0 Å². The van der Waals surface area contributed by atoms with Crippen LogP contribution in [0.3, 0.4) is 0 Å². The van der Waals surface area contributed by atoms with Crippen LogP contribution < -0.4 is 5.32 Å². The predicted molar refractivity (Wildman–Crippen MR) is 94.6 cm³/mol. The molecule has 1 aliphatic rings. The lowest BCUT2D eigenvalue weighted by Gasteiger charge is -2.24. The van der Waals surface area contributed by atoms with E-state index in [9.17, 15) is 14.4 Å². The molecule has 1 heterocycles. The van der Waals surface area contributed by atoms with Crippen molar-refractivity contribution in [2.24, 2.45) is 0 Å². The highest BCUT2D eigenvalue weighted by Gasteiger charge is 2.49. The molecule has 1 N–H and O–H groups in total. The van der Waals surface area contributed by atoms with E-state index >= 15 is 0 Å². The van der Waals surface area contributed by atoms with Gasteiger partial charge in [-0.15, -0.1) is 0 Å². The van der Waals surface area contributed by atoms with Gasteiger partial charge in [0.2, 0.25) is 0 Å². The summed E-state index contributed by atoms with van der Waals surface area (Å²) in [7, 11) is 0. The number of ketones is 1. The Balaban J connectivity index is 1.85. The number of amides is 3. The minimum Gasteiger partial charge on any atom is -0.319 e. The Kier molecular flexibility index (Phi) is 4.35. The van der Waals surface area contributed by atoms with Crippen molar-refractivity contribution in [3.05, 3.63) is 70.2 Å². The summed E-state index contributed by atoms with van der Waals surface area (Å²) in [5.41, 5.74) is 0.830. The molecule has 1 saturated heterocycles. The molecule has 3 rings (SSSR count). The summed E-state index contributed by atoms with van der Waals surface area (Å²) >= 11 is 5.81. The number of hydrogen-bond acceptors (Lipinski definition) is 3. The number of Topliss-reactive ketones (excluding diaryl/α,β-unsaturated/α-hetero) is 1. The Hall–Kier alpha value is -2.66. The molecule has 0 aliphatic carbocycles. The normalized spacial score (nSPS) is 19.9. The third kappa shape index (κ3) is 3.03. The number of carbonyl (C=O) groups is 3. The molecule has 0 aromatic heterocycles. The fraction of sp³-hybridized carbons (Fsp3) is 0.211.